The first kappa shape index (κ1) is 32.0. The number of hydrogen-bond acceptors (Lipinski definition) is 9. The van der Waals surface area contributed by atoms with E-state index < -0.39 is 42.4 Å². The summed E-state index contributed by atoms with van der Waals surface area (Å²) in [7, 11) is 0. The lowest BCUT2D eigenvalue weighted by Crippen LogP contribution is -2.49. The zero-order valence-electron chi connectivity index (χ0n) is 24.8. The second-order valence-electron chi connectivity index (χ2n) is 10.2. The largest absolute Gasteiger partial charge is 0.459 e. The van der Waals surface area contributed by atoms with Gasteiger partial charge in [0.25, 0.3) is 0 Å². The maximum absolute atomic E-state index is 13.3. The van der Waals surface area contributed by atoms with E-state index in [1.807, 2.05) is 37.3 Å². The molecule has 46 heavy (non-hydrogen) atoms. The molecule has 2 N–H and O–H groups in total. The third-order valence-electron chi connectivity index (χ3n) is 6.99. The van der Waals surface area contributed by atoms with Gasteiger partial charge in [-0.25, -0.2) is 14.4 Å². The third kappa shape index (κ3) is 8.40. The summed E-state index contributed by atoms with van der Waals surface area (Å²) in [4.78, 5) is 39.3. The van der Waals surface area contributed by atoms with E-state index in [1.165, 1.54) is 0 Å². The van der Waals surface area contributed by atoms with Crippen molar-refractivity contribution in [3.05, 3.63) is 144 Å². The van der Waals surface area contributed by atoms with Crippen molar-refractivity contribution in [2.24, 2.45) is 5.10 Å². The minimum absolute atomic E-state index is 0.0520. The van der Waals surface area contributed by atoms with E-state index in [-0.39, 0.29) is 22.8 Å². The van der Waals surface area contributed by atoms with Crippen LogP contribution in [0, 0.1) is 0 Å². The molecular formula is C35H31N3O7S. The summed E-state index contributed by atoms with van der Waals surface area (Å²) >= 11 is 5.49. The lowest BCUT2D eigenvalue weighted by molar-refractivity contribution is -0.0456. The van der Waals surface area contributed by atoms with Gasteiger partial charge in [0, 0.05) is 0 Å². The van der Waals surface area contributed by atoms with E-state index in [1.54, 1.807) is 91.0 Å². The number of thiocarbonyl (C=S) groups is 1. The van der Waals surface area contributed by atoms with E-state index >= 15 is 0 Å². The molecule has 0 amide bonds. The van der Waals surface area contributed by atoms with Crippen LogP contribution < -0.4 is 10.7 Å². The Bertz CT molecular complexity index is 1670. The molecule has 0 aromatic heterocycles. The highest BCUT2D eigenvalue weighted by Crippen LogP contribution is 2.28. The Balaban J connectivity index is 1.39. The van der Waals surface area contributed by atoms with Crippen LogP contribution in [-0.2, 0) is 18.9 Å². The van der Waals surface area contributed by atoms with Crippen LogP contribution in [0.5, 0.6) is 0 Å². The van der Waals surface area contributed by atoms with Gasteiger partial charge < -0.3 is 24.3 Å². The van der Waals surface area contributed by atoms with Crippen molar-refractivity contribution in [2.45, 2.75) is 31.5 Å². The average Bonchev–Trinajstić information content (AvgIpc) is 3.41. The fraction of sp³-hybridized carbons (Fsp3) is 0.171. The summed E-state index contributed by atoms with van der Waals surface area (Å²) in [5, 5.41) is 7.35. The van der Waals surface area contributed by atoms with Gasteiger partial charge in [0.05, 0.1) is 22.4 Å². The molecule has 234 valence electrons. The molecule has 0 unspecified atom stereocenters. The topological polar surface area (TPSA) is 125 Å². The van der Waals surface area contributed by atoms with Gasteiger partial charge in [-0.1, -0.05) is 84.9 Å². The van der Waals surface area contributed by atoms with Crippen molar-refractivity contribution in [1.29, 1.82) is 0 Å². The van der Waals surface area contributed by atoms with Crippen molar-refractivity contribution in [3.8, 4) is 0 Å². The van der Waals surface area contributed by atoms with E-state index in [2.05, 4.69) is 15.8 Å². The molecule has 1 saturated heterocycles. The Hall–Kier alpha value is -5.39. The molecule has 0 radical (unpaired) electrons. The van der Waals surface area contributed by atoms with Gasteiger partial charge in [-0.2, -0.15) is 5.10 Å². The molecule has 11 heteroatoms. The second-order valence-corrected chi connectivity index (χ2v) is 10.6. The van der Waals surface area contributed by atoms with Crippen LogP contribution >= 0.6 is 12.2 Å². The minimum atomic E-state index is -1.21. The number of nitrogens with one attached hydrogen (secondary N) is 2. The first-order valence-electron chi connectivity index (χ1n) is 14.4. The third-order valence-corrected chi connectivity index (χ3v) is 7.20. The molecule has 10 nitrogen and oxygen atoms in total. The molecule has 0 aliphatic carbocycles. The van der Waals surface area contributed by atoms with Crippen LogP contribution in [0.2, 0.25) is 0 Å². The van der Waals surface area contributed by atoms with Crippen LogP contribution in [0.3, 0.4) is 0 Å². The van der Waals surface area contributed by atoms with Crippen molar-refractivity contribution in [2.75, 3.05) is 6.61 Å². The number of ether oxygens (including phenoxy) is 4. The molecule has 5 rings (SSSR count). The molecule has 4 aromatic carbocycles. The molecule has 0 saturated carbocycles. The summed E-state index contributed by atoms with van der Waals surface area (Å²) < 4.78 is 23.6. The highest BCUT2D eigenvalue weighted by Gasteiger charge is 2.51. The number of benzene rings is 4. The van der Waals surface area contributed by atoms with E-state index in [9.17, 15) is 14.4 Å². The molecule has 4 atom stereocenters. The van der Waals surface area contributed by atoms with E-state index in [0.29, 0.717) is 11.3 Å². The predicted molar refractivity (Wildman–Crippen MR) is 174 cm³/mol. The zero-order chi connectivity index (χ0) is 32.3. The number of rotatable bonds is 10. The number of esters is 3. The van der Waals surface area contributed by atoms with Gasteiger partial charge in [-0.15, -0.1) is 0 Å². The standard InChI is InChI=1S/C35H31N3O7S/c1-23(24-14-6-2-7-15-24)37-38-35(46)36-31-30(45-34(41)27-20-12-5-13-21-27)29(44-33(40)26-18-10-4-11-19-26)28(43-31)22-42-32(39)25-16-8-3-9-17-25/h2-21,28-31H,22H2,1H3,(H2,36,38,46)/t28-,29-,30-,31-/m1/s1. The molecule has 1 fully saturated rings. The lowest BCUT2D eigenvalue weighted by atomic mass is 10.1. The van der Waals surface area contributed by atoms with Gasteiger partial charge in [-0.05, 0) is 61.1 Å². The molecule has 0 spiro atoms. The van der Waals surface area contributed by atoms with E-state index in [0.717, 1.165) is 5.56 Å². The Morgan fingerprint density at radius 3 is 1.61 bits per heavy atom. The number of hydrazone groups is 1. The van der Waals surface area contributed by atoms with Crippen LogP contribution in [0.15, 0.2) is 126 Å². The quantitative estimate of drug-likeness (QED) is 0.0815. The summed E-state index contributed by atoms with van der Waals surface area (Å²) in [6.07, 6.45) is -4.56. The summed E-state index contributed by atoms with van der Waals surface area (Å²) in [5.41, 5.74) is 5.21. The molecule has 0 bridgehead atoms. The normalized spacial score (nSPS) is 19.0. The minimum Gasteiger partial charge on any atom is -0.459 e. The fourth-order valence-corrected chi connectivity index (χ4v) is 4.80. The number of carbonyl (C=O) groups is 3. The van der Waals surface area contributed by atoms with Crippen molar-refractivity contribution in [1.82, 2.24) is 10.7 Å². The zero-order valence-corrected chi connectivity index (χ0v) is 25.6. The molecule has 1 heterocycles. The highest BCUT2D eigenvalue weighted by molar-refractivity contribution is 7.80. The lowest BCUT2D eigenvalue weighted by Gasteiger charge is -2.25. The summed E-state index contributed by atoms with van der Waals surface area (Å²) in [5.74, 6) is -1.96. The van der Waals surface area contributed by atoms with Crippen LogP contribution in [0.4, 0.5) is 0 Å². The van der Waals surface area contributed by atoms with E-state index in [4.69, 9.17) is 31.2 Å². The average molecular weight is 638 g/mol. The van der Waals surface area contributed by atoms with Crippen molar-refractivity contribution < 1.29 is 33.3 Å². The molecular weight excluding hydrogens is 606 g/mol. The SMILES string of the molecule is CC(=NNC(=S)N[C@@H]1O[C@H](COC(=O)c2ccccc2)[C@@H](OC(=O)c2ccccc2)[C@H]1OC(=O)c1ccccc1)c1ccccc1. The predicted octanol–water partition coefficient (Wildman–Crippen LogP) is 4.91. The van der Waals surface area contributed by atoms with Gasteiger partial charge >= 0.3 is 17.9 Å². The smallest absolute Gasteiger partial charge is 0.338 e. The van der Waals surface area contributed by atoms with Gasteiger partial charge in [0.1, 0.15) is 12.7 Å². The van der Waals surface area contributed by atoms with Gasteiger partial charge in [0.15, 0.2) is 23.5 Å². The summed E-state index contributed by atoms with van der Waals surface area (Å²) in [6.45, 7) is 1.50. The van der Waals surface area contributed by atoms with Crippen molar-refractivity contribution >= 4 is 40.9 Å². The Morgan fingerprint density at radius 2 is 1.11 bits per heavy atom. The first-order chi connectivity index (χ1) is 22.4. The maximum Gasteiger partial charge on any atom is 0.338 e. The fourth-order valence-electron chi connectivity index (χ4n) is 4.64. The number of nitrogens with zero attached hydrogens (tertiary/aromatic N) is 1. The van der Waals surface area contributed by atoms with Crippen LogP contribution in [0.1, 0.15) is 43.6 Å². The number of carbonyl (C=O) groups excluding carboxylic acids is 3. The molecule has 4 aromatic rings. The summed E-state index contributed by atoms with van der Waals surface area (Å²) in [6, 6.07) is 34.6. The van der Waals surface area contributed by atoms with Gasteiger partial charge in [-0.3, -0.25) is 5.43 Å². The maximum atomic E-state index is 13.3. The van der Waals surface area contributed by atoms with Crippen LogP contribution in [-0.4, -0.2) is 59.9 Å². The Labute approximate surface area is 271 Å². The molecule has 1 aliphatic heterocycles. The Morgan fingerprint density at radius 1 is 0.674 bits per heavy atom. The number of hydrogen-bond donors (Lipinski definition) is 2. The van der Waals surface area contributed by atoms with Crippen LogP contribution in [0.25, 0.3) is 0 Å². The highest BCUT2D eigenvalue weighted by atomic mass is 32.1. The Kier molecular flexibility index (Phi) is 10.8. The van der Waals surface area contributed by atoms with Gasteiger partial charge in [0.2, 0.25) is 0 Å². The second kappa shape index (κ2) is 15.6. The van der Waals surface area contributed by atoms with Crippen molar-refractivity contribution in [3.63, 3.8) is 0 Å². The first-order valence-corrected chi connectivity index (χ1v) is 14.9. The monoisotopic (exact) mass is 637 g/mol. The molecule has 1 aliphatic rings.